The first kappa shape index (κ1) is 18.2. The average Bonchev–Trinajstić information content (AvgIpc) is 2.64. The number of phenolic OH excluding ortho intramolecular Hbond substituents is 1. The Kier molecular flexibility index (Phi) is 5.99. The van der Waals surface area contributed by atoms with Crippen LogP contribution in [0, 0.1) is 5.92 Å². The number of benzene rings is 1. The molecule has 1 heterocycles. The standard InChI is InChI=1S/C19H25BrN2O3/c20-14-6-7-17(23)16(12-14)18(24)21-15-8-10-22(11-9-15)19(25)13-4-2-1-3-5-13/h6-7,12-13,15,23H,1-5,8-11H2,(H,21,24). The van der Waals surface area contributed by atoms with Crippen molar-refractivity contribution in [1.29, 1.82) is 0 Å². The van der Waals surface area contributed by atoms with Crippen LogP contribution in [0.5, 0.6) is 5.75 Å². The Morgan fingerprint density at radius 1 is 1.08 bits per heavy atom. The zero-order valence-corrected chi connectivity index (χ0v) is 15.9. The molecule has 0 atom stereocenters. The van der Waals surface area contributed by atoms with Crippen molar-refractivity contribution < 1.29 is 14.7 Å². The van der Waals surface area contributed by atoms with Crippen LogP contribution in [-0.4, -0.2) is 41.0 Å². The van der Waals surface area contributed by atoms with Gasteiger partial charge < -0.3 is 15.3 Å². The summed E-state index contributed by atoms with van der Waals surface area (Å²) in [6.45, 7) is 1.40. The first-order valence-electron chi connectivity index (χ1n) is 9.13. The van der Waals surface area contributed by atoms with Crippen molar-refractivity contribution in [3.63, 3.8) is 0 Å². The molecule has 2 aliphatic rings. The van der Waals surface area contributed by atoms with Gasteiger partial charge in [0.1, 0.15) is 5.75 Å². The van der Waals surface area contributed by atoms with Crippen LogP contribution in [0.15, 0.2) is 22.7 Å². The molecule has 1 aliphatic carbocycles. The van der Waals surface area contributed by atoms with Crippen molar-refractivity contribution in [2.75, 3.05) is 13.1 Å². The van der Waals surface area contributed by atoms with Crippen LogP contribution in [-0.2, 0) is 4.79 Å². The summed E-state index contributed by atoms with van der Waals surface area (Å²) < 4.78 is 0.753. The molecule has 5 nitrogen and oxygen atoms in total. The van der Waals surface area contributed by atoms with Crippen molar-refractivity contribution in [2.24, 2.45) is 5.92 Å². The molecule has 3 rings (SSSR count). The topological polar surface area (TPSA) is 69.6 Å². The lowest BCUT2D eigenvalue weighted by Gasteiger charge is -2.35. The normalized spacial score (nSPS) is 19.6. The maximum atomic E-state index is 12.6. The zero-order valence-electron chi connectivity index (χ0n) is 14.3. The van der Waals surface area contributed by atoms with Gasteiger partial charge >= 0.3 is 0 Å². The van der Waals surface area contributed by atoms with Gasteiger partial charge in [0.15, 0.2) is 0 Å². The molecular formula is C19H25BrN2O3. The van der Waals surface area contributed by atoms with Crippen molar-refractivity contribution in [3.05, 3.63) is 28.2 Å². The molecule has 1 aliphatic heterocycles. The van der Waals surface area contributed by atoms with Gasteiger partial charge in [-0.15, -0.1) is 0 Å². The summed E-state index contributed by atoms with van der Waals surface area (Å²) >= 11 is 3.32. The minimum Gasteiger partial charge on any atom is -0.507 e. The molecule has 6 heteroatoms. The number of aromatic hydroxyl groups is 1. The average molecular weight is 409 g/mol. The number of carbonyl (C=O) groups excluding carboxylic acids is 2. The summed E-state index contributed by atoms with van der Waals surface area (Å²) in [5.41, 5.74) is 0.273. The van der Waals surface area contributed by atoms with Crippen molar-refractivity contribution in [2.45, 2.75) is 51.0 Å². The Hall–Kier alpha value is -1.56. The second-order valence-electron chi connectivity index (χ2n) is 7.07. The lowest BCUT2D eigenvalue weighted by Crippen LogP contribution is -2.48. The van der Waals surface area contributed by atoms with Crippen molar-refractivity contribution in [3.8, 4) is 5.75 Å². The molecule has 25 heavy (non-hydrogen) atoms. The zero-order chi connectivity index (χ0) is 17.8. The van der Waals surface area contributed by atoms with Crippen LogP contribution >= 0.6 is 15.9 Å². The second-order valence-corrected chi connectivity index (χ2v) is 7.99. The Labute approximate surface area is 156 Å². The van der Waals surface area contributed by atoms with Gasteiger partial charge in [-0.1, -0.05) is 35.2 Å². The Morgan fingerprint density at radius 3 is 2.44 bits per heavy atom. The van der Waals surface area contributed by atoms with Gasteiger partial charge in [-0.3, -0.25) is 9.59 Å². The number of nitrogens with zero attached hydrogens (tertiary/aromatic N) is 1. The summed E-state index contributed by atoms with van der Waals surface area (Å²) in [4.78, 5) is 26.9. The number of carbonyl (C=O) groups is 2. The lowest BCUT2D eigenvalue weighted by molar-refractivity contribution is -0.137. The molecule has 0 aromatic heterocycles. The minimum atomic E-state index is -0.268. The number of phenols is 1. The second kappa shape index (κ2) is 8.21. The van der Waals surface area contributed by atoms with Gasteiger partial charge in [-0.05, 0) is 43.9 Å². The molecule has 0 spiro atoms. The first-order valence-corrected chi connectivity index (χ1v) is 9.92. The number of hydrogen-bond donors (Lipinski definition) is 2. The third-order valence-corrected chi connectivity index (χ3v) is 5.79. The summed E-state index contributed by atoms with van der Waals surface area (Å²) in [7, 11) is 0. The van der Waals surface area contributed by atoms with E-state index in [1.165, 1.54) is 25.3 Å². The first-order chi connectivity index (χ1) is 12.0. The maximum Gasteiger partial charge on any atom is 0.255 e. The van der Waals surface area contributed by atoms with E-state index in [9.17, 15) is 14.7 Å². The van der Waals surface area contributed by atoms with E-state index in [4.69, 9.17) is 0 Å². The monoisotopic (exact) mass is 408 g/mol. The van der Waals surface area contributed by atoms with Crippen LogP contribution in [0.1, 0.15) is 55.3 Å². The fourth-order valence-corrected chi connectivity index (χ4v) is 4.17. The van der Waals surface area contributed by atoms with Crippen LogP contribution in [0.3, 0.4) is 0 Å². The van der Waals surface area contributed by atoms with E-state index < -0.39 is 0 Å². The number of rotatable bonds is 3. The molecular weight excluding hydrogens is 384 g/mol. The lowest BCUT2D eigenvalue weighted by atomic mass is 9.87. The summed E-state index contributed by atoms with van der Waals surface area (Å²) in [6.07, 6.45) is 7.16. The van der Waals surface area contributed by atoms with E-state index in [1.54, 1.807) is 12.1 Å². The van der Waals surface area contributed by atoms with E-state index in [2.05, 4.69) is 21.2 Å². The predicted octanol–water partition coefficient (Wildman–Crippen LogP) is 3.46. The molecule has 1 saturated carbocycles. The van der Waals surface area contributed by atoms with E-state index >= 15 is 0 Å². The number of piperidine rings is 1. The Bertz CT molecular complexity index is 636. The van der Waals surface area contributed by atoms with Gasteiger partial charge in [0.05, 0.1) is 5.56 Å². The minimum absolute atomic E-state index is 0.0226. The number of nitrogens with one attached hydrogen (secondary N) is 1. The van der Waals surface area contributed by atoms with Gasteiger partial charge in [0.2, 0.25) is 5.91 Å². The summed E-state index contributed by atoms with van der Waals surface area (Å²) in [5.74, 6) is 0.217. The van der Waals surface area contributed by atoms with Crippen LogP contribution in [0.25, 0.3) is 0 Å². The van der Waals surface area contributed by atoms with Gasteiger partial charge in [-0.25, -0.2) is 0 Å². The molecule has 0 radical (unpaired) electrons. The third-order valence-electron chi connectivity index (χ3n) is 5.30. The number of hydrogen-bond acceptors (Lipinski definition) is 3. The SMILES string of the molecule is O=C(NC1CCN(C(=O)C2CCCCC2)CC1)c1cc(Br)ccc1O. The molecule has 1 aromatic rings. The van der Waals surface area contributed by atoms with Crippen molar-refractivity contribution >= 4 is 27.7 Å². The fraction of sp³-hybridized carbons (Fsp3) is 0.579. The smallest absolute Gasteiger partial charge is 0.255 e. The van der Waals surface area contributed by atoms with E-state index in [1.807, 2.05) is 4.90 Å². The van der Waals surface area contributed by atoms with Crippen LogP contribution < -0.4 is 5.32 Å². The molecule has 2 N–H and O–H groups in total. The molecule has 136 valence electrons. The molecule has 2 amide bonds. The van der Waals surface area contributed by atoms with E-state index in [-0.39, 0.29) is 29.2 Å². The highest BCUT2D eigenvalue weighted by Crippen LogP contribution is 2.27. The van der Waals surface area contributed by atoms with Gasteiger partial charge in [0.25, 0.3) is 5.91 Å². The van der Waals surface area contributed by atoms with Crippen LogP contribution in [0.4, 0.5) is 0 Å². The van der Waals surface area contributed by atoms with Crippen molar-refractivity contribution in [1.82, 2.24) is 10.2 Å². The number of amides is 2. The maximum absolute atomic E-state index is 12.6. The summed E-state index contributed by atoms with van der Waals surface area (Å²) in [6, 6.07) is 4.86. The van der Waals surface area contributed by atoms with E-state index in [0.29, 0.717) is 19.0 Å². The highest BCUT2D eigenvalue weighted by Gasteiger charge is 2.29. The quantitative estimate of drug-likeness (QED) is 0.804. The third kappa shape index (κ3) is 4.54. The molecule has 0 unspecified atom stereocenters. The number of likely N-dealkylation sites (tertiary alicyclic amines) is 1. The molecule has 1 saturated heterocycles. The largest absolute Gasteiger partial charge is 0.507 e. The molecule has 2 fully saturated rings. The number of halogens is 1. The van der Waals surface area contributed by atoms with Gasteiger partial charge in [0, 0.05) is 29.5 Å². The highest BCUT2D eigenvalue weighted by molar-refractivity contribution is 9.10. The molecule has 0 bridgehead atoms. The summed E-state index contributed by atoms with van der Waals surface area (Å²) in [5, 5.41) is 12.8. The highest BCUT2D eigenvalue weighted by atomic mass is 79.9. The fourth-order valence-electron chi connectivity index (χ4n) is 3.81. The van der Waals surface area contributed by atoms with E-state index in [0.717, 1.165) is 30.2 Å². The predicted molar refractivity (Wildman–Crippen MR) is 99.5 cm³/mol. The van der Waals surface area contributed by atoms with Crippen LogP contribution in [0.2, 0.25) is 0 Å². The van der Waals surface area contributed by atoms with Gasteiger partial charge in [-0.2, -0.15) is 0 Å². The Morgan fingerprint density at radius 2 is 1.76 bits per heavy atom. The Balaban J connectivity index is 1.51. The molecule has 1 aromatic carbocycles.